The first-order valence-corrected chi connectivity index (χ1v) is 12.0. The average molecular weight is 505 g/mol. The molecule has 0 bridgehead atoms. The van der Waals surface area contributed by atoms with Crippen molar-refractivity contribution in [2.45, 2.75) is 20.3 Å². The third kappa shape index (κ3) is 8.14. The molecule has 0 N–H and O–H groups in total. The molecular weight excluding hydrogens is 472 g/mol. The molecular formula is C30H32O7. The molecule has 37 heavy (non-hydrogen) atoms. The molecule has 0 saturated carbocycles. The minimum Gasteiger partial charge on any atom is -0.489 e. The summed E-state index contributed by atoms with van der Waals surface area (Å²) in [5.74, 6) is 0.655. The minimum absolute atomic E-state index is 0.0653. The molecule has 0 unspecified atom stereocenters. The van der Waals surface area contributed by atoms with Gasteiger partial charge in [-0.15, -0.1) is 0 Å². The van der Waals surface area contributed by atoms with Crippen LogP contribution in [0.4, 0.5) is 0 Å². The summed E-state index contributed by atoms with van der Waals surface area (Å²) >= 11 is 0. The van der Waals surface area contributed by atoms with Crippen molar-refractivity contribution < 1.29 is 33.3 Å². The van der Waals surface area contributed by atoms with Crippen LogP contribution in [0.3, 0.4) is 0 Å². The van der Waals surface area contributed by atoms with Crippen molar-refractivity contribution in [1.82, 2.24) is 0 Å². The van der Waals surface area contributed by atoms with E-state index in [-0.39, 0.29) is 26.4 Å². The van der Waals surface area contributed by atoms with Crippen LogP contribution < -0.4 is 14.2 Å². The predicted octanol–water partition coefficient (Wildman–Crippen LogP) is 5.46. The normalized spacial score (nSPS) is 10.4. The van der Waals surface area contributed by atoms with E-state index in [1.165, 1.54) is 0 Å². The summed E-state index contributed by atoms with van der Waals surface area (Å²) < 4.78 is 28.5. The number of hydrogen-bond acceptors (Lipinski definition) is 7. The lowest BCUT2D eigenvalue weighted by Crippen LogP contribution is -2.14. The summed E-state index contributed by atoms with van der Waals surface area (Å²) in [6.07, 6.45) is 0.705. The van der Waals surface area contributed by atoms with Crippen molar-refractivity contribution in [2.24, 2.45) is 0 Å². The Balaban J connectivity index is 1.80. The van der Waals surface area contributed by atoms with Gasteiger partial charge < -0.3 is 23.7 Å². The molecule has 0 amide bonds. The van der Waals surface area contributed by atoms with Gasteiger partial charge in [-0.05, 0) is 19.4 Å². The Morgan fingerprint density at radius 2 is 1.19 bits per heavy atom. The van der Waals surface area contributed by atoms with Crippen molar-refractivity contribution in [3.8, 4) is 17.2 Å². The molecule has 7 nitrogen and oxygen atoms in total. The second-order valence-electron chi connectivity index (χ2n) is 8.36. The molecule has 0 heterocycles. The van der Waals surface area contributed by atoms with Gasteiger partial charge in [-0.25, -0.2) is 9.59 Å². The quantitative estimate of drug-likeness (QED) is 0.164. The largest absolute Gasteiger partial charge is 0.489 e. The van der Waals surface area contributed by atoms with Gasteiger partial charge in [0, 0.05) is 34.4 Å². The summed E-state index contributed by atoms with van der Waals surface area (Å²) in [6.45, 7) is 11.2. The zero-order valence-corrected chi connectivity index (χ0v) is 21.3. The van der Waals surface area contributed by atoms with Crippen LogP contribution in [-0.4, -0.2) is 45.0 Å². The number of ether oxygens (including phenoxy) is 5. The smallest absolute Gasteiger partial charge is 0.333 e. The van der Waals surface area contributed by atoms with E-state index < -0.39 is 11.9 Å². The summed E-state index contributed by atoms with van der Waals surface area (Å²) in [7, 11) is 0. The first-order valence-electron chi connectivity index (χ1n) is 12.0. The first kappa shape index (κ1) is 27.3. The molecule has 0 aliphatic carbocycles. The summed E-state index contributed by atoms with van der Waals surface area (Å²) in [5.41, 5.74) is 1.80. The maximum atomic E-state index is 11.7. The molecule has 7 heteroatoms. The predicted molar refractivity (Wildman–Crippen MR) is 142 cm³/mol. The highest BCUT2D eigenvalue weighted by atomic mass is 16.6. The Morgan fingerprint density at radius 1 is 0.649 bits per heavy atom. The highest BCUT2D eigenvalue weighted by Crippen LogP contribution is 2.41. The van der Waals surface area contributed by atoms with Gasteiger partial charge in [-0.1, -0.05) is 67.8 Å². The number of hydrogen-bond donors (Lipinski definition) is 0. The summed E-state index contributed by atoms with van der Waals surface area (Å²) in [5, 5.41) is 1.58. The van der Waals surface area contributed by atoms with Gasteiger partial charge in [0.2, 0.25) is 0 Å². The zero-order valence-electron chi connectivity index (χ0n) is 21.3. The number of esters is 2. The Kier molecular flexibility index (Phi) is 10.1. The number of rotatable bonds is 14. The second-order valence-corrected chi connectivity index (χ2v) is 8.36. The van der Waals surface area contributed by atoms with Crippen molar-refractivity contribution in [1.29, 1.82) is 0 Å². The van der Waals surface area contributed by atoms with E-state index in [9.17, 15) is 9.59 Å². The van der Waals surface area contributed by atoms with Gasteiger partial charge in [0.05, 0.1) is 6.61 Å². The van der Waals surface area contributed by atoms with Crippen LogP contribution in [0.2, 0.25) is 0 Å². The fourth-order valence-corrected chi connectivity index (χ4v) is 3.40. The molecule has 0 aliphatic heterocycles. The molecule has 0 fully saturated rings. The molecule has 0 aromatic heterocycles. The Bertz CT molecular complexity index is 1250. The lowest BCUT2D eigenvalue weighted by Gasteiger charge is -2.18. The third-order valence-electron chi connectivity index (χ3n) is 5.25. The van der Waals surface area contributed by atoms with Crippen LogP contribution in [0, 0.1) is 0 Å². The van der Waals surface area contributed by atoms with Crippen LogP contribution >= 0.6 is 0 Å². The summed E-state index contributed by atoms with van der Waals surface area (Å²) in [6, 6.07) is 19.4. The van der Waals surface area contributed by atoms with Gasteiger partial charge in [0.15, 0.2) is 11.5 Å². The average Bonchev–Trinajstić information content (AvgIpc) is 2.90. The maximum Gasteiger partial charge on any atom is 0.333 e. The molecule has 3 aromatic carbocycles. The van der Waals surface area contributed by atoms with E-state index >= 15 is 0 Å². The third-order valence-corrected chi connectivity index (χ3v) is 5.25. The molecule has 194 valence electrons. The highest BCUT2D eigenvalue weighted by molar-refractivity contribution is 5.95. The number of carbonyl (C=O) groups excluding carboxylic acids is 2. The van der Waals surface area contributed by atoms with Crippen LogP contribution in [-0.2, 0) is 25.5 Å². The van der Waals surface area contributed by atoms with Crippen LogP contribution in [0.1, 0.15) is 19.4 Å². The van der Waals surface area contributed by atoms with E-state index in [2.05, 4.69) is 13.2 Å². The molecule has 0 atom stereocenters. The monoisotopic (exact) mass is 504 g/mol. The SMILES string of the molecule is C=C(C)C(=O)OCCOc1cc(OCCc2ccccc2)c(OCCOC(=O)C(=C)C)c2ccccc12. The molecule has 0 radical (unpaired) electrons. The number of benzene rings is 3. The van der Waals surface area contributed by atoms with Gasteiger partial charge in [0.25, 0.3) is 0 Å². The van der Waals surface area contributed by atoms with Crippen molar-refractivity contribution in [2.75, 3.05) is 33.0 Å². The zero-order chi connectivity index (χ0) is 26.6. The minimum atomic E-state index is -0.469. The van der Waals surface area contributed by atoms with Crippen LogP contribution in [0.5, 0.6) is 17.2 Å². The Morgan fingerprint density at radius 3 is 1.81 bits per heavy atom. The van der Waals surface area contributed by atoms with E-state index in [0.29, 0.717) is 41.4 Å². The molecule has 0 spiro atoms. The van der Waals surface area contributed by atoms with Crippen molar-refractivity contribution in [3.63, 3.8) is 0 Å². The van der Waals surface area contributed by atoms with Crippen LogP contribution in [0.25, 0.3) is 10.8 Å². The molecule has 3 aromatic rings. The molecule has 0 saturated heterocycles. The number of carbonyl (C=O) groups is 2. The van der Waals surface area contributed by atoms with Gasteiger partial charge in [-0.2, -0.15) is 0 Å². The van der Waals surface area contributed by atoms with Gasteiger partial charge >= 0.3 is 11.9 Å². The summed E-state index contributed by atoms with van der Waals surface area (Å²) in [4.78, 5) is 23.4. The lowest BCUT2D eigenvalue weighted by molar-refractivity contribution is -0.140. The van der Waals surface area contributed by atoms with Gasteiger partial charge in [0.1, 0.15) is 32.2 Å². The standard InChI is InChI=1S/C30H32O7/c1-21(2)29(31)36-18-16-34-26-20-27(33-15-14-23-10-6-5-7-11-23)28(25-13-9-8-12-24(25)26)35-17-19-37-30(32)22(3)4/h5-13,20H,1,3,14-19H2,2,4H3. The van der Waals surface area contributed by atoms with E-state index in [0.717, 1.165) is 16.3 Å². The Hall–Kier alpha value is -4.26. The number of fused-ring (bicyclic) bond motifs is 1. The highest BCUT2D eigenvalue weighted by Gasteiger charge is 2.17. The maximum absolute atomic E-state index is 11.7. The van der Waals surface area contributed by atoms with E-state index in [4.69, 9.17) is 23.7 Å². The molecule has 3 rings (SSSR count). The van der Waals surface area contributed by atoms with E-state index in [1.807, 2.05) is 54.6 Å². The van der Waals surface area contributed by atoms with Crippen molar-refractivity contribution in [3.05, 3.63) is 90.5 Å². The fourth-order valence-electron chi connectivity index (χ4n) is 3.40. The fraction of sp³-hybridized carbons (Fsp3) is 0.267. The Labute approximate surface area is 217 Å². The first-order chi connectivity index (χ1) is 17.9. The molecule has 0 aliphatic rings. The second kappa shape index (κ2) is 13.7. The van der Waals surface area contributed by atoms with Crippen molar-refractivity contribution >= 4 is 22.7 Å². The van der Waals surface area contributed by atoms with Crippen LogP contribution in [0.15, 0.2) is 85.0 Å². The van der Waals surface area contributed by atoms with Gasteiger partial charge in [-0.3, -0.25) is 0 Å². The lowest BCUT2D eigenvalue weighted by atomic mass is 10.1. The van der Waals surface area contributed by atoms with E-state index in [1.54, 1.807) is 19.9 Å². The topological polar surface area (TPSA) is 80.3 Å².